The molecule has 0 aliphatic carbocycles. The van der Waals surface area contributed by atoms with Gasteiger partial charge in [-0.05, 0) is 0 Å². The second kappa shape index (κ2) is 8.32. The lowest BCUT2D eigenvalue weighted by Gasteiger charge is -2.03. The average Bonchev–Trinajstić information content (AvgIpc) is 1.88. The van der Waals surface area contributed by atoms with Crippen molar-refractivity contribution in [2.24, 2.45) is 11.5 Å². The van der Waals surface area contributed by atoms with Crippen molar-refractivity contribution >= 4 is 34.7 Å². The number of hydrogen-bond donors (Lipinski definition) is 3. The van der Waals surface area contributed by atoms with E-state index in [-0.39, 0.29) is 17.0 Å². The number of carboxylic acid groups (broad SMARTS) is 1. The predicted molar refractivity (Wildman–Crippen MR) is 52.3 cm³/mol. The van der Waals surface area contributed by atoms with Crippen LogP contribution in [0.3, 0.4) is 0 Å². The molecule has 1 atom stereocenters. The Morgan fingerprint density at radius 3 is 2.55 bits per heavy atom. The lowest BCUT2D eigenvalue weighted by molar-refractivity contribution is -0.137. The zero-order valence-corrected chi connectivity index (χ0v) is 8.55. The number of carboxylic acids is 1. The molecule has 4 nitrogen and oxygen atoms in total. The molecule has 0 spiro atoms. The summed E-state index contributed by atoms with van der Waals surface area (Å²) >= 11 is 1.46. The van der Waals surface area contributed by atoms with E-state index < -0.39 is 12.0 Å². The normalized spacial score (nSPS) is 11.8. The van der Waals surface area contributed by atoms with Crippen LogP contribution in [0.1, 0.15) is 0 Å². The molecule has 0 bridgehead atoms. The zero-order valence-electron chi connectivity index (χ0n) is 6.03. The van der Waals surface area contributed by atoms with Gasteiger partial charge < -0.3 is 16.6 Å². The van der Waals surface area contributed by atoms with Crippen LogP contribution in [0.4, 0.5) is 0 Å². The van der Waals surface area contributed by atoms with Gasteiger partial charge in [0.2, 0.25) is 0 Å². The van der Waals surface area contributed by atoms with Gasteiger partial charge in [0.15, 0.2) is 0 Å². The largest absolute Gasteiger partial charge is 0.480 e. The van der Waals surface area contributed by atoms with Crippen LogP contribution in [0.5, 0.6) is 0 Å². The first-order valence-electron chi connectivity index (χ1n) is 2.94. The molecule has 0 radical (unpaired) electrons. The zero-order chi connectivity index (χ0) is 7.98. The van der Waals surface area contributed by atoms with Crippen LogP contribution in [-0.4, -0.2) is 35.2 Å². The van der Waals surface area contributed by atoms with Gasteiger partial charge in [-0.2, -0.15) is 11.8 Å². The summed E-state index contributed by atoms with van der Waals surface area (Å²) < 4.78 is 0. The van der Waals surface area contributed by atoms with Crippen molar-refractivity contribution in [3.63, 3.8) is 0 Å². The Balaban J connectivity index is 0. The summed E-state index contributed by atoms with van der Waals surface area (Å²) in [7, 11) is 0. The fourth-order valence-electron chi connectivity index (χ4n) is 0.365. The number of carbonyl (C=O) groups is 1. The Hall–Kier alpha value is 0.220. The van der Waals surface area contributed by atoms with Crippen molar-refractivity contribution in [2.75, 3.05) is 18.1 Å². The minimum absolute atomic E-state index is 0. The summed E-state index contributed by atoms with van der Waals surface area (Å²) in [6.45, 7) is 0.566. The maximum atomic E-state index is 10.1. The molecule has 0 aromatic rings. The maximum Gasteiger partial charge on any atom is 0.321 e. The lowest BCUT2D eigenvalue weighted by atomic mass is 10.4. The van der Waals surface area contributed by atoms with Crippen LogP contribution in [0.2, 0.25) is 0 Å². The van der Waals surface area contributed by atoms with E-state index in [0.29, 0.717) is 12.3 Å². The molecular formula is C5H13BrN2O2S. The first-order chi connectivity index (χ1) is 4.68. The fourth-order valence-corrected chi connectivity index (χ4v) is 1.09. The van der Waals surface area contributed by atoms with Crippen molar-refractivity contribution in [3.05, 3.63) is 0 Å². The van der Waals surface area contributed by atoms with Crippen LogP contribution in [0.25, 0.3) is 0 Å². The number of nitrogens with two attached hydrogens (primary N) is 2. The molecule has 0 saturated carbocycles. The molecule has 0 aromatic carbocycles. The standard InChI is InChI=1S/C5H12N2O2S.BrH/c6-1-2-10-3-4(7)5(8)9;/h4H,1-3,6-7H2,(H,8,9);1H/t4-;/m0./s1. The van der Waals surface area contributed by atoms with E-state index in [1.54, 1.807) is 0 Å². The SMILES string of the molecule is Br.NCCSC[C@H](N)C(=O)O. The van der Waals surface area contributed by atoms with Crippen molar-refractivity contribution in [3.8, 4) is 0 Å². The Morgan fingerprint density at radius 2 is 2.18 bits per heavy atom. The maximum absolute atomic E-state index is 10.1. The third-order valence-corrected chi connectivity index (χ3v) is 2.00. The van der Waals surface area contributed by atoms with Crippen molar-refractivity contribution in [2.45, 2.75) is 6.04 Å². The third kappa shape index (κ3) is 8.12. The summed E-state index contributed by atoms with van der Waals surface area (Å²) in [6.07, 6.45) is 0. The Kier molecular flexibility index (Phi) is 10.4. The smallest absolute Gasteiger partial charge is 0.321 e. The molecule has 0 aliphatic heterocycles. The molecule has 0 unspecified atom stereocenters. The molecular weight excluding hydrogens is 232 g/mol. The molecule has 0 saturated heterocycles. The van der Waals surface area contributed by atoms with Crippen LogP contribution < -0.4 is 11.5 Å². The number of hydrogen-bond acceptors (Lipinski definition) is 4. The third-order valence-electron chi connectivity index (χ3n) is 0.877. The number of rotatable bonds is 5. The molecule has 0 amide bonds. The fraction of sp³-hybridized carbons (Fsp3) is 0.800. The second-order valence-electron chi connectivity index (χ2n) is 1.81. The topological polar surface area (TPSA) is 89.3 Å². The van der Waals surface area contributed by atoms with E-state index in [1.165, 1.54) is 11.8 Å². The lowest BCUT2D eigenvalue weighted by Crippen LogP contribution is -2.32. The van der Waals surface area contributed by atoms with Crippen LogP contribution in [-0.2, 0) is 4.79 Å². The van der Waals surface area contributed by atoms with Crippen molar-refractivity contribution in [1.82, 2.24) is 0 Å². The van der Waals surface area contributed by atoms with E-state index in [1.807, 2.05) is 0 Å². The Morgan fingerprint density at radius 1 is 1.64 bits per heavy atom. The molecule has 11 heavy (non-hydrogen) atoms. The van der Waals surface area contributed by atoms with Gasteiger partial charge >= 0.3 is 5.97 Å². The minimum atomic E-state index is -0.954. The van der Waals surface area contributed by atoms with E-state index >= 15 is 0 Å². The highest BCUT2D eigenvalue weighted by atomic mass is 79.9. The number of halogens is 1. The molecule has 0 aliphatic rings. The van der Waals surface area contributed by atoms with Gasteiger partial charge in [-0.1, -0.05) is 0 Å². The number of aliphatic carboxylic acids is 1. The summed E-state index contributed by atoms with van der Waals surface area (Å²) in [5.74, 6) is 0.248. The highest BCUT2D eigenvalue weighted by molar-refractivity contribution is 8.93. The van der Waals surface area contributed by atoms with Crippen LogP contribution >= 0.6 is 28.7 Å². The first-order valence-corrected chi connectivity index (χ1v) is 4.10. The summed E-state index contributed by atoms with van der Waals surface area (Å²) in [5, 5.41) is 8.31. The minimum Gasteiger partial charge on any atom is -0.480 e. The monoisotopic (exact) mass is 244 g/mol. The van der Waals surface area contributed by atoms with Gasteiger partial charge in [-0.15, -0.1) is 17.0 Å². The van der Waals surface area contributed by atoms with E-state index in [2.05, 4.69) is 0 Å². The second-order valence-corrected chi connectivity index (χ2v) is 2.96. The summed E-state index contributed by atoms with van der Waals surface area (Å²) in [4.78, 5) is 10.1. The molecule has 0 rings (SSSR count). The summed E-state index contributed by atoms with van der Waals surface area (Å²) in [6, 6.07) is -0.753. The number of thioether (sulfide) groups is 1. The van der Waals surface area contributed by atoms with Crippen LogP contribution in [0.15, 0.2) is 0 Å². The van der Waals surface area contributed by atoms with E-state index in [4.69, 9.17) is 16.6 Å². The average molecular weight is 245 g/mol. The van der Waals surface area contributed by atoms with Gasteiger partial charge in [0.25, 0.3) is 0 Å². The van der Waals surface area contributed by atoms with Gasteiger partial charge in [0.05, 0.1) is 0 Å². The van der Waals surface area contributed by atoms with Crippen molar-refractivity contribution < 1.29 is 9.90 Å². The van der Waals surface area contributed by atoms with Crippen LogP contribution in [0, 0.1) is 0 Å². The summed E-state index contributed by atoms with van der Waals surface area (Å²) in [5.41, 5.74) is 10.4. The highest BCUT2D eigenvalue weighted by Gasteiger charge is 2.09. The van der Waals surface area contributed by atoms with Gasteiger partial charge in [0.1, 0.15) is 6.04 Å². The van der Waals surface area contributed by atoms with E-state index in [9.17, 15) is 4.79 Å². The predicted octanol–water partition coefficient (Wildman–Crippen LogP) is -0.332. The van der Waals surface area contributed by atoms with Gasteiger partial charge in [0, 0.05) is 18.1 Å². The quantitative estimate of drug-likeness (QED) is 0.577. The molecule has 6 heteroatoms. The van der Waals surface area contributed by atoms with Crippen molar-refractivity contribution in [1.29, 1.82) is 0 Å². The van der Waals surface area contributed by atoms with E-state index in [0.717, 1.165) is 5.75 Å². The Bertz CT molecular complexity index is 115. The highest BCUT2D eigenvalue weighted by Crippen LogP contribution is 1.99. The molecule has 0 aromatic heterocycles. The Labute approximate surface area is 80.5 Å². The molecule has 0 heterocycles. The molecule has 68 valence electrons. The molecule has 5 N–H and O–H groups in total. The van der Waals surface area contributed by atoms with Gasteiger partial charge in [-0.3, -0.25) is 4.79 Å². The van der Waals surface area contributed by atoms with Gasteiger partial charge in [-0.25, -0.2) is 0 Å². The first kappa shape index (κ1) is 13.8. The molecule has 0 fully saturated rings.